The van der Waals surface area contributed by atoms with Crippen LogP contribution in [0.1, 0.15) is 45.5 Å². The average molecular weight is 270 g/mol. The molecule has 0 spiro atoms. The van der Waals surface area contributed by atoms with Crippen molar-refractivity contribution in [3.63, 3.8) is 0 Å². The van der Waals surface area contributed by atoms with Crippen molar-refractivity contribution in [1.82, 2.24) is 15.5 Å². The highest BCUT2D eigenvalue weighted by molar-refractivity contribution is 7.15. The number of anilines is 1. The van der Waals surface area contributed by atoms with Gasteiger partial charge in [0.2, 0.25) is 5.13 Å². The monoisotopic (exact) mass is 270 g/mol. The average Bonchev–Trinajstić information content (AvgIpc) is 2.77. The molecule has 0 saturated heterocycles. The maximum absolute atomic E-state index is 11.8. The van der Waals surface area contributed by atoms with E-state index < -0.39 is 0 Å². The third-order valence-corrected chi connectivity index (χ3v) is 3.88. The number of rotatable bonds is 4. The number of hydrogen-bond acceptors (Lipinski definition) is 4. The fourth-order valence-corrected chi connectivity index (χ4v) is 2.09. The molecule has 6 heteroatoms. The van der Waals surface area contributed by atoms with Crippen molar-refractivity contribution in [2.75, 3.05) is 18.5 Å². The first-order chi connectivity index (χ1) is 8.36. The van der Waals surface area contributed by atoms with Crippen LogP contribution in [0.5, 0.6) is 0 Å². The summed E-state index contributed by atoms with van der Waals surface area (Å²) in [6.07, 6.45) is 2.06. The number of carbonyl (C=O) groups is 1. The Hall–Kier alpha value is -1.17. The van der Waals surface area contributed by atoms with E-state index in [1.54, 1.807) is 7.05 Å². The summed E-state index contributed by atoms with van der Waals surface area (Å²) in [4.78, 5) is 13.3. The van der Waals surface area contributed by atoms with Crippen LogP contribution in [0.2, 0.25) is 0 Å². The summed E-state index contributed by atoms with van der Waals surface area (Å²) < 4.78 is 0. The van der Waals surface area contributed by atoms with E-state index in [2.05, 4.69) is 43.2 Å². The molecule has 0 radical (unpaired) electrons. The number of nitrogens with one attached hydrogen (secondary N) is 1. The quantitative estimate of drug-likeness (QED) is 0.856. The third-order valence-electron chi connectivity index (χ3n) is 2.45. The molecule has 1 heterocycles. The zero-order valence-electron chi connectivity index (χ0n) is 11.8. The van der Waals surface area contributed by atoms with Gasteiger partial charge in [-0.15, -0.1) is 10.2 Å². The Morgan fingerprint density at radius 3 is 2.56 bits per heavy atom. The molecule has 0 aliphatic heterocycles. The summed E-state index contributed by atoms with van der Waals surface area (Å²) in [5, 5.41) is 12.6. The first-order valence-electron chi connectivity index (χ1n) is 6.21. The van der Waals surface area contributed by atoms with E-state index in [1.807, 2.05) is 0 Å². The lowest BCUT2D eigenvalue weighted by atomic mass is 9.98. The van der Waals surface area contributed by atoms with E-state index in [-0.39, 0.29) is 11.4 Å². The highest BCUT2D eigenvalue weighted by Crippen LogP contribution is 2.29. The van der Waals surface area contributed by atoms with E-state index in [9.17, 15) is 4.79 Å². The third kappa shape index (κ3) is 3.94. The van der Waals surface area contributed by atoms with Gasteiger partial charge >= 0.3 is 6.03 Å². The van der Waals surface area contributed by atoms with Gasteiger partial charge in [-0.2, -0.15) is 0 Å². The van der Waals surface area contributed by atoms with Gasteiger partial charge in [0.25, 0.3) is 0 Å². The van der Waals surface area contributed by atoms with Crippen LogP contribution in [0, 0.1) is 0 Å². The molecule has 0 aliphatic carbocycles. The van der Waals surface area contributed by atoms with Crippen LogP contribution >= 0.6 is 11.3 Å². The molecular weight excluding hydrogens is 248 g/mol. The molecule has 2 amide bonds. The topological polar surface area (TPSA) is 58.1 Å². The molecule has 5 nitrogen and oxygen atoms in total. The van der Waals surface area contributed by atoms with Gasteiger partial charge < -0.3 is 5.32 Å². The lowest BCUT2D eigenvalue weighted by Crippen LogP contribution is -2.37. The van der Waals surface area contributed by atoms with Crippen LogP contribution < -0.4 is 10.2 Å². The number of carbonyl (C=O) groups excluding carboxylic acids is 1. The van der Waals surface area contributed by atoms with Gasteiger partial charge in [0.1, 0.15) is 5.01 Å². The number of hydrogen-bond donors (Lipinski definition) is 1. The molecule has 0 aliphatic rings. The van der Waals surface area contributed by atoms with Gasteiger partial charge in [0.05, 0.1) is 0 Å². The molecule has 0 atom stereocenters. The second kappa shape index (κ2) is 6.13. The van der Waals surface area contributed by atoms with E-state index in [4.69, 9.17) is 0 Å². The molecule has 0 aromatic carbocycles. The van der Waals surface area contributed by atoms with Gasteiger partial charge in [0.15, 0.2) is 0 Å². The SMILES string of the molecule is CCCCNC(=O)N(C)c1nnc(C(C)(C)C)s1. The molecule has 1 rings (SSSR count). The predicted octanol–water partition coefficient (Wildman–Crippen LogP) is 2.78. The van der Waals surface area contributed by atoms with Gasteiger partial charge in [-0.05, 0) is 6.42 Å². The fourth-order valence-electron chi connectivity index (χ4n) is 1.23. The highest BCUT2D eigenvalue weighted by atomic mass is 32.1. The Morgan fingerprint density at radius 2 is 2.06 bits per heavy atom. The number of nitrogens with zero attached hydrogens (tertiary/aromatic N) is 3. The molecule has 18 heavy (non-hydrogen) atoms. The smallest absolute Gasteiger partial charge is 0.323 e. The largest absolute Gasteiger partial charge is 0.338 e. The Bertz CT molecular complexity index is 397. The highest BCUT2D eigenvalue weighted by Gasteiger charge is 2.22. The minimum Gasteiger partial charge on any atom is -0.338 e. The number of aromatic nitrogens is 2. The second-order valence-corrected chi connectivity index (χ2v) is 6.24. The van der Waals surface area contributed by atoms with Crippen molar-refractivity contribution in [1.29, 1.82) is 0 Å². The molecular formula is C12H22N4OS. The minimum atomic E-state index is -0.125. The Labute approximate surface area is 113 Å². The molecule has 0 bridgehead atoms. The zero-order chi connectivity index (χ0) is 13.8. The van der Waals surface area contributed by atoms with Gasteiger partial charge in [0, 0.05) is 19.0 Å². The first kappa shape index (κ1) is 14.9. The predicted molar refractivity (Wildman–Crippen MR) is 75.3 cm³/mol. The lowest BCUT2D eigenvalue weighted by Gasteiger charge is -2.15. The Kier molecular flexibility index (Phi) is 5.07. The van der Waals surface area contributed by atoms with Crippen molar-refractivity contribution < 1.29 is 4.79 Å². The van der Waals surface area contributed by atoms with Crippen LogP contribution in [0.4, 0.5) is 9.93 Å². The van der Waals surface area contributed by atoms with Crippen LogP contribution in [0.3, 0.4) is 0 Å². The van der Waals surface area contributed by atoms with Crippen molar-refractivity contribution in [3.05, 3.63) is 5.01 Å². The maximum atomic E-state index is 11.8. The minimum absolute atomic E-state index is 0.0323. The number of urea groups is 1. The Balaban J connectivity index is 2.64. The molecule has 0 unspecified atom stereocenters. The fraction of sp³-hybridized carbons (Fsp3) is 0.750. The lowest BCUT2D eigenvalue weighted by molar-refractivity contribution is 0.247. The number of amides is 2. The van der Waals surface area contributed by atoms with Crippen molar-refractivity contribution in [2.24, 2.45) is 0 Å². The van der Waals surface area contributed by atoms with E-state index in [0.717, 1.165) is 17.8 Å². The van der Waals surface area contributed by atoms with Gasteiger partial charge in [-0.25, -0.2) is 4.79 Å². The first-order valence-corrected chi connectivity index (χ1v) is 7.03. The summed E-state index contributed by atoms with van der Waals surface area (Å²) in [5.74, 6) is 0. The summed E-state index contributed by atoms with van der Waals surface area (Å²) in [5.41, 5.74) is -0.0323. The van der Waals surface area contributed by atoms with E-state index >= 15 is 0 Å². The van der Waals surface area contributed by atoms with Crippen molar-refractivity contribution in [3.8, 4) is 0 Å². The maximum Gasteiger partial charge on any atom is 0.323 e. The summed E-state index contributed by atoms with van der Waals surface area (Å²) >= 11 is 1.46. The summed E-state index contributed by atoms with van der Waals surface area (Å²) in [6.45, 7) is 9.04. The van der Waals surface area contributed by atoms with E-state index in [1.165, 1.54) is 16.2 Å². The van der Waals surface area contributed by atoms with Crippen molar-refractivity contribution >= 4 is 22.5 Å². The van der Waals surface area contributed by atoms with Crippen LogP contribution in [-0.4, -0.2) is 29.8 Å². The van der Waals surface area contributed by atoms with Gasteiger partial charge in [-0.3, -0.25) is 4.90 Å². The standard InChI is InChI=1S/C12H22N4OS/c1-6-7-8-13-10(17)16(5)11-15-14-9(18-11)12(2,3)4/h6-8H2,1-5H3,(H,13,17). The molecule has 0 fully saturated rings. The summed E-state index contributed by atoms with van der Waals surface area (Å²) in [6, 6.07) is -0.125. The molecule has 1 N–H and O–H groups in total. The van der Waals surface area contributed by atoms with Crippen LogP contribution in [0.25, 0.3) is 0 Å². The van der Waals surface area contributed by atoms with Gasteiger partial charge in [-0.1, -0.05) is 45.5 Å². The van der Waals surface area contributed by atoms with E-state index in [0.29, 0.717) is 11.7 Å². The molecule has 1 aromatic heterocycles. The molecule has 1 aromatic rings. The normalized spacial score (nSPS) is 11.4. The Morgan fingerprint density at radius 1 is 1.39 bits per heavy atom. The number of unbranched alkanes of at least 4 members (excludes halogenated alkanes) is 1. The van der Waals surface area contributed by atoms with Crippen LogP contribution in [-0.2, 0) is 5.41 Å². The molecule has 0 saturated carbocycles. The zero-order valence-corrected chi connectivity index (χ0v) is 12.6. The second-order valence-electron chi connectivity index (χ2n) is 5.28. The van der Waals surface area contributed by atoms with Crippen LogP contribution in [0.15, 0.2) is 0 Å². The van der Waals surface area contributed by atoms with Crippen molar-refractivity contribution in [2.45, 2.75) is 46.0 Å². The molecule has 102 valence electrons. The summed E-state index contributed by atoms with van der Waals surface area (Å²) in [7, 11) is 1.72.